The molecule has 0 aliphatic rings. The van der Waals surface area contributed by atoms with Crippen LogP contribution in [0.5, 0.6) is 0 Å². The summed E-state index contributed by atoms with van der Waals surface area (Å²) in [5.74, 6) is 0. The van der Waals surface area contributed by atoms with Crippen LogP contribution in [0.1, 0.15) is 5.56 Å². The average molecular weight is 288 g/mol. The number of rotatable bonds is 3. The number of fused-ring (bicyclic) bond motifs is 1. The molecule has 102 valence electrons. The maximum absolute atomic E-state index is 6.16. The molecule has 0 saturated heterocycles. The molecule has 0 aliphatic carbocycles. The SMILES string of the molecule is CN(Cc1ccccc1Cl)c1nc2c(N)cccc2o1. The maximum Gasteiger partial charge on any atom is 0.298 e. The van der Waals surface area contributed by atoms with E-state index >= 15 is 0 Å². The van der Waals surface area contributed by atoms with E-state index in [4.69, 9.17) is 21.8 Å². The van der Waals surface area contributed by atoms with Crippen molar-refractivity contribution in [2.24, 2.45) is 0 Å². The van der Waals surface area contributed by atoms with E-state index < -0.39 is 0 Å². The zero-order valence-corrected chi connectivity index (χ0v) is 11.8. The third kappa shape index (κ3) is 2.30. The van der Waals surface area contributed by atoms with Crippen molar-refractivity contribution in [2.75, 3.05) is 17.7 Å². The molecule has 0 saturated carbocycles. The molecular weight excluding hydrogens is 274 g/mol. The Hall–Kier alpha value is -2.20. The van der Waals surface area contributed by atoms with Gasteiger partial charge < -0.3 is 15.1 Å². The van der Waals surface area contributed by atoms with E-state index in [0.29, 0.717) is 29.3 Å². The third-order valence-corrected chi connectivity index (χ3v) is 3.50. The van der Waals surface area contributed by atoms with Gasteiger partial charge in [-0.3, -0.25) is 0 Å². The van der Waals surface area contributed by atoms with Crippen molar-refractivity contribution in [1.82, 2.24) is 4.98 Å². The Morgan fingerprint density at radius 3 is 2.75 bits per heavy atom. The number of nitrogens with zero attached hydrogens (tertiary/aromatic N) is 2. The Bertz CT molecular complexity index is 754. The molecule has 2 aromatic carbocycles. The number of hydrogen-bond acceptors (Lipinski definition) is 4. The van der Waals surface area contributed by atoms with Crippen molar-refractivity contribution in [1.29, 1.82) is 0 Å². The molecular formula is C15H14ClN3O. The number of anilines is 2. The summed E-state index contributed by atoms with van der Waals surface area (Å²) in [4.78, 5) is 6.33. The number of hydrogen-bond donors (Lipinski definition) is 1. The van der Waals surface area contributed by atoms with Crippen molar-refractivity contribution < 1.29 is 4.42 Å². The lowest BCUT2D eigenvalue weighted by Gasteiger charge is -2.15. The van der Waals surface area contributed by atoms with Gasteiger partial charge in [0.05, 0.1) is 5.69 Å². The first-order valence-electron chi connectivity index (χ1n) is 6.25. The molecule has 1 aromatic heterocycles. The molecule has 20 heavy (non-hydrogen) atoms. The molecule has 5 heteroatoms. The zero-order valence-electron chi connectivity index (χ0n) is 11.0. The first-order chi connectivity index (χ1) is 9.65. The molecule has 3 rings (SSSR count). The monoisotopic (exact) mass is 287 g/mol. The van der Waals surface area contributed by atoms with Crippen LogP contribution in [0.4, 0.5) is 11.7 Å². The fourth-order valence-electron chi connectivity index (χ4n) is 2.07. The van der Waals surface area contributed by atoms with E-state index in [2.05, 4.69) is 4.98 Å². The Morgan fingerprint density at radius 1 is 1.20 bits per heavy atom. The number of benzene rings is 2. The van der Waals surface area contributed by atoms with Crippen molar-refractivity contribution in [2.45, 2.75) is 6.54 Å². The van der Waals surface area contributed by atoms with Crippen LogP contribution in [0.3, 0.4) is 0 Å². The molecule has 0 spiro atoms. The van der Waals surface area contributed by atoms with Crippen molar-refractivity contribution in [3.63, 3.8) is 0 Å². The summed E-state index contributed by atoms with van der Waals surface area (Å²) in [7, 11) is 1.91. The van der Waals surface area contributed by atoms with E-state index in [0.717, 1.165) is 10.6 Å². The van der Waals surface area contributed by atoms with Crippen LogP contribution in [-0.2, 0) is 6.54 Å². The minimum atomic E-state index is 0.526. The molecule has 0 radical (unpaired) electrons. The van der Waals surface area contributed by atoms with Gasteiger partial charge in [0.1, 0.15) is 5.52 Å². The smallest absolute Gasteiger partial charge is 0.298 e. The number of para-hydroxylation sites is 1. The molecule has 0 unspecified atom stereocenters. The number of oxazole rings is 1. The quantitative estimate of drug-likeness (QED) is 0.746. The first-order valence-corrected chi connectivity index (χ1v) is 6.62. The van der Waals surface area contributed by atoms with Crippen molar-refractivity contribution in [3.05, 3.63) is 53.1 Å². The van der Waals surface area contributed by atoms with Crippen LogP contribution in [0, 0.1) is 0 Å². The van der Waals surface area contributed by atoms with Crippen LogP contribution < -0.4 is 10.6 Å². The summed E-state index contributed by atoms with van der Waals surface area (Å²) < 4.78 is 5.71. The molecule has 0 bridgehead atoms. The minimum absolute atomic E-state index is 0.526. The fraction of sp³-hybridized carbons (Fsp3) is 0.133. The molecule has 0 fully saturated rings. The van der Waals surface area contributed by atoms with Crippen LogP contribution in [0.2, 0.25) is 5.02 Å². The van der Waals surface area contributed by atoms with Crippen LogP contribution in [0.15, 0.2) is 46.9 Å². The first kappa shape index (κ1) is 12.8. The summed E-state index contributed by atoms with van der Waals surface area (Å²) in [5, 5.41) is 0.731. The van der Waals surface area contributed by atoms with Crippen molar-refractivity contribution in [3.8, 4) is 0 Å². The molecule has 4 nitrogen and oxygen atoms in total. The number of nitrogen functional groups attached to an aromatic ring is 1. The molecule has 1 heterocycles. The van der Waals surface area contributed by atoms with Gasteiger partial charge in [-0.2, -0.15) is 4.98 Å². The highest BCUT2D eigenvalue weighted by atomic mass is 35.5. The van der Waals surface area contributed by atoms with Crippen LogP contribution >= 0.6 is 11.6 Å². The lowest BCUT2D eigenvalue weighted by Crippen LogP contribution is -2.16. The Labute approximate surface area is 121 Å². The summed E-state index contributed by atoms with van der Waals surface area (Å²) in [5.41, 5.74) is 8.89. The molecule has 0 atom stereocenters. The Morgan fingerprint density at radius 2 is 2.00 bits per heavy atom. The van der Waals surface area contributed by atoms with Gasteiger partial charge in [-0.25, -0.2) is 0 Å². The summed E-state index contributed by atoms with van der Waals surface area (Å²) in [6.07, 6.45) is 0. The highest BCUT2D eigenvalue weighted by Crippen LogP contribution is 2.27. The summed E-state index contributed by atoms with van der Waals surface area (Å²) >= 11 is 6.16. The number of aromatic nitrogens is 1. The van der Waals surface area contributed by atoms with Gasteiger partial charge in [0, 0.05) is 18.6 Å². The largest absolute Gasteiger partial charge is 0.423 e. The molecule has 3 aromatic rings. The number of halogens is 1. The highest BCUT2D eigenvalue weighted by Gasteiger charge is 2.13. The lowest BCUT2D eigenvalue weighted by atomic mass is 10.2. The maximum atomic E-state index is 6.16. The van der Waals surface area contributed by atoms with Gasteiger partial charge in [0.2, 0.25) is 0 Å². The second-order valence-corrected chi connectivity index (χ2v) is 5.05. The summed E-state index contributed by atoms with van der Waals surface area (Å²) in [6, 6.07) is 13.8. The summed E-state index contributed by atoms with van der Waals surface area (Å²) in [6.45, 7) is 0.617. The molecule has 0 aliphatic heterocycles. The minimum Gasteiger partial charge on any atom is -0.423 e. The van der Waals surface area contributed by atoms with Gasteiger partial charge in [-0.15, -0.1) is 0 Å². The van der Waals surface area contributed by atoms with Crippen LogP contribution in [0.25, 0.3) is 11.1 Å². The standard InChI is InChI=1S/C15H14ClN3O/c1-19(9-10-5-2-3-6-11(10)16)15-18-14-12(17)7-4-8-13(14)20-15/h2-8H,9,17H2,1H3. The van der Waals surface area contributed by atoms with Crippen LogP contribution in [-0.4, -0.2) is 12.0 Å². The van der Waals surface area contributed by atoms with Gasteiger partial charge >= 0.3 is 0 Å². The third-order valence-electron chi connectivity index (χ3n) is 3.13. The molecule has 0 amide bonds. The molecule has 2 N–H and O–H groups in total. The predicted octanol–water partition coefficient (Wildman–Crippen LogP) is 3.70. The number of nitrogens with two attached hydrogens (primary N) is 1. The van der Waals surface area contributed by atoms with Gasteiger partial charge in [-0.1, -0.05) is 35.9 Å². The highest BCUT2D eigenvalue weighted by molar-refractivity contribution is 6.31. The predicted molar refractivity (Wildman–Crippen MR) is 82.0 cm³/mol. The van der Waals surface area contributed by atoms with Gasteiger partial charge in [0.25, 0.3) is 6.01 Å². The van der Waals surface area contributed by atoms with Gasteiger partial charge in [0.15, 0.2) is 5.58 Å². The van der Waals surface area contributed by atoms with E-state index in [1.165, 1.54) is 0 Å². The second kappa shape index (κ2) is 5.06. The normalized spacial score (nSPS) is 10.9. The van der Waals surface area contributed by atoms with E-state index in [1.54, 1.807) is 0 Å². The Kier molecular flexibility index (Phi) is 3.24. The van der Waals surface area contributed by atoms with E-state index in [9.17, 15) is 0 Å². The lowest BCUT2D eigenvalue weighted by molar-refractivity contribution is 0.582. The van der Waals surface area contributed by atoms with Gasteiger partial charge in [-0.05, 0) is 23.8 Å². The van der Waals surface area contributed by atoms with E-state index in [-0.39, 0.29) is 0 Å². The average Bonchev–Trinajstić information content (AvgIpc) is 2.87. The fourth-order valence-corrected chi connectivity index (χ4v) is 2.27. The Balaban J connectivity index is 1.91. The van der Waals surface area contributed by atoms with Crippen molar-refractivity contribution >= 4 is 34.4 Å². The topological polar surface area (TPSA) is 55.3 Å². The second-order valence-electron chi connectivity index (χ2n) is 4.64. The zero-order chi connectivity index (χ0) is 14.1. The van der Waals surface area contributed by atoms with E-state index in [1.807, 2.05) is 54.4 Å².